The zero-order chi connectivity index (χ0) is 23.8. The van der Waals surface area contributed by atoms with Gasteiger partial charge in [0, 0.05) is 0 Å². The van der Waals surface area contributed by atoms with Crippen molar-refractivity contribution < 1.29 is 26.3 Å². The quantitative estimate of drug-likeness (QED) is 0.262. The van der Waals surface area contributed by atoms with Gasteiger partial charge in [0.25, 0.3) is 0 Å². The summed E-state index contributed by atoms with van der Waals surface area (Å²) in [7, 11) is 0. The van der Waals surface area contributed by atoms with Gasteiger partial charge in [-0.2, -0.15) is 13.2 Å². The maximum absolute atomic E-state index is 14.8. The second-order valence-corrected chi connectivity index (χ2v) is 8.01. The molecule has 0 amide bonds. The minimum atomic E-state index is -4.89. The number of alkyl halides is 3. The largest absolute Gasteiger partial charge is 0.419 e. The molecule has 0 fully saturated rings. The van der Waals surface area contributed by atoms with Crippen LogP contribution in [-0.2, 0) is 12.6 Å². The molecule has 4 rings (SSSR count). The number of hydrogen-bond acceptors (Lipinski definition) is 0. The summed E-state index contributed by atoms with van der Waals surface area (Å²) in [5.74, 6) is -3.56. The van der Waals surface area contributed by atoms with Gasteiger partial charge in [-0.15, -0.1) is 0 Å². The van der Waals surface area contributed by atoms with Crippen LogP contribution in [0.3, 0.4) is 0 Å². The zero-order valence-corrected chi connectivity index (χ0v) is 17.7. The van der Waals surface area contributed by atoms with Gasteiger partial charge in [-0.05, 0) is 76.2 Å². The fourth-order valence-electron chi connectivity index (χ4n) is 3.93. The van der Waals surface area contributed by atoms with E-state index in [0.29, 0.717) is 17.7 Å². The van der Waals surface area contributed by atoms with Crippen molar-refractivity contribution in [3.8, 4) is 22.3 Å². The number of unbranched alkanes of at least 4 members (excludes halogenated alkanes) is 1. The van der Waals surface area contributed by atoms with Crippen LogP contribution in [0.25, 0.3) is 33.0 Å². The van der Waals surface area contributed by atoms with Gasteiger partial charge in [0.2, 0.25) is 0 Å². The second kappa shape index (κ2) is 8.93. The first-order valence-corrected chi connectivity index (χ1v) is 10.6. The summed E-state index contributed by atoms with van der Waals surface area (Å²) in [6, 6.07) is 15.6. The first-order valence-electron chi connectivity index (χ1n) is 10.6. The van der Waals surface area contributed by atoms with Crippen LogP contribution in [0.1, 0.15) is 30.9 Å². The first kappa shape index (κ1) is 22.9. The Morgan fingerprint density at radius 2 is 1.24 bits per heavy atom. The highest BCUT2D eigenvalue weighted by Gasteiger charge is 2.34. The predicted molar refractivity (Wildman–Crippen MR) is 118 cm³/mol. The van der Waals surface area contributed by atoms with Gasteiger partial charge in [0.05, 0.1) is 11.1 Å². The minimum Gasteiger partial charge on any atom is -0.206 e. The molecule has 0 heterocycles. The Kier molecular flexibility index (Phi) is 6.19. The van der Waals surface area contributed by atoms with E-state index in [1.165, 1.54) is 5.56 Å². The summed E-state index contributed by atoms with van der Waals surface area (Å²) in [6.45, 7) is 2.13. The van der Waals surface area contributed by atoms with Crippen molar-refractivity contribution in [3.63, 3.8) is 0 Å². The first-order chi connectivity index (χ1) is 15.7. The van der Waals surface area contributed by atoms with Crippen molar-refractivity contribution in [3.05, 3.63) is 95.3 Å². The Labute approximate surface area is 187 Å². The molecule has 0 spiro atoms. The molecule has 0 nitrogen and oxygen atoms in total. The summed E-state index contributed by atoms with van der Waals surface area (Å²) in [5.41, 5.74) is -0.280. The molecule has 0 aliphatic carbocycles. The van der Waals surface area contributed by atoms with E-state index in [-0.39, 0.29) is 11.1 Å². The molecule has 0 aliphatic heterocycles. The van der Waals surface area contributed by atoms with Crippen molar-refractivity contribution in [2.75, 3.05) is 0 Å². The van der Waals surface area contributed by atoms with Crippen LogP contribution < -0.4 is 0 Å². The van der Waals surface area contributed by atoms with Gasteiger partial charge in [-0.3, -0.25) is 0 Å². The summed E-state index contributed by atoms with van der Waals surface area (Å²) in [4.78, 5) is 0. The highest BCUT2D eigenvalue weighted by molar-refractivity contribution is 5.88. The third kappa shape index (κ3) is 4.75. The Morgan fingerprint density at radius 1 is 0.636 bits per heavy atom. The van der Waals surface area contributed by atoms with Crippen LogP contribution in [0.5, 0.6) is 0 Å². The molecule has 0 bridgehead atoms. The normalized spacial score (nSPS) is 11.8. The lowest BCUT2D eigenvalue weighted by Crippen LogP contribution is -2.08. The monoisotopic (exact) mass is 458 g/mol. The average molecular weight is 458 g/mol. The number of aryl methyl sites for hydroxylation is 1. The maximum Gasteiger partial charge on any atom is 0.419 e. The van der Waals surface area contributed by atoms with Crippen LogP contribution in [0.2, 0.25) is 0 Å². The minimum absolute atomic E-state index is 0.276. The van der Waals surface area contributed by atoms with Crippen LogP contribution in [-0.4, -0.2) is 0 Å². The highest BCUT2D eigenvalue weighted by Crippen LogP contribution is 2.36. The fraction of sp³-hybridized carbons (Fsp3) is 0.185. The van der Waals surface area contributed by atoms with E-state index >= 15 is 0 Å². The Hall–Kier alpha value is -3.28. The molecule has 4 aromatic carbocycles. The molecular formula is C27H20F6. The van der Waals surface area contributed by atoms with Crippen molar-refractivity contribution in [1.29, 1.82) is 0 Å². The van der Waals surface area contributed by atoms with Crippen molar-refractivity contribution in [2.24, 2.45) is 0 Å². The van der Waals surface area contributed by atoms with E-state index in [1.54, 1.807) is 6.07 Å². The molecule has 170 valence electrons. The average Bonchev–Trinajstić information content (AvgIpc) is 2.76. The number of hydrogen-bond donors (Lipinski definition) is 0. The number of benzene rings is 4. The van der Waals surface area contributed by atoms with E-state index in [0.717, 1.165) is 48.2 Å². The molecule has 0 N–H and O–H groups in total. The summed E-state index contributed by atoms with van der Waals surface area (Å²) < 4.78 is 82.0. The van der Waals surface area contributed by atoms with Gasteiger partial charge >= 0.3 is 6.18 Å². The lowest BCUT2D eigenvalue weighted by atomic mass is 9.96. The zero-order valence-electron chi connectivity index (χ0n) is 17.7. The van der Waals surface area contributed by atoms with Gasteiger partial charge in [0.15, 0.2) is 0 Å². The SMILES string of the molecule is CCCCc1ccc2cc(-c3cc(F)c(-c4ccc(C(F)(F)F)c(F)c4)c(F)c3)ccc2c1. The highest BCUT2D eigenvalue weighted by atomic mass is 19.4. The van der Waals surface area contributed by atoms with E-state index in [4.69, 9.17) is 0 Å². The lowest BCUT2D eigenvalue weighted by molar-refractivity contribution is -0.139. The van der Waals surface area contributed by atoms with Crippen LogP contribution in [0.15, 0.2) is 66.7 Å². The molecule has 0 saturated heterocycles. The van der Waals surface area contributed by atoms with Crippen LogP contribution in [0, 0.1) is 17.5 Å². The van der Waals surface area contributed by atoms with E-state index < -0.39 is 34.8 Å². The molecule has 0 aromatic heterocycles. The van der Waals surface area contributed by atoms with Crippen LogP contribution in [0.4, 0.5) is 26.3 Å². The number of fused-ring (bicyclic) bond motifs is 1. The molecule has 0 aliphatic rings. The number of halogens is 6. The van der Waals surface area contributed by atoms with Gasteiger partial charge in [-0.1, -0.05) is 49.7 Å². The fourth-order valence-corrected chi connectivity index (χ4v) is 3.93. The maximum atomic E-state index is 14.8. The predicted octanol–water partition coefficient (Wildman–Crippen LogP) is 8.95. The van der Waals surface area contributed by atoms with E-state index in [9.17, 15) is 26.3 Å². The summed E-state index contributed by atoms with van der Waals surface area (Å²) in [6.07, 6.45) is -1.71. The Balaban J connectivity index is 1.70. The Bertz CT molecular complexity index is 1300. The third-order valence-corrected chi connectivity index (χ3v) is 5.66. The molecule has 6 heteroatoms. The van der Waals surface area contributed by atoms with Crippen molar-refractivity contribution in [2.45, 2.75) is 32.4 Å². The molecule has 4 aromatic rings. The Morgan fingerprint density at radius 3 is 1.88 bits per heavy atom. The molecule has 0 unspecified atom stereocenters. The number of rotatable bonds is 5. The van der Waals surface area contributed by atoms with Gasteiger partial charge in [0.1, 0.15) is 17.5 Å². The molecule has 0 saturated carbocycles. The molecular weight excluding hydrogens is 438 g/mol. The van der Waals surface area contributed by atoms with Gasteiger partial charge < -0.3 is 0 Å². The summed E-state index contributed by atoms with van der Waals surface area (Å²) in [5, 5.41) is 1.94. The standard InChI is InChI=1S/C27H20F6/c1-2-3-4-16-5-6-18-12-19(8-7-17(18)11-16)21-14-24(29)26(25(30)15-21)20-9-10-22(23(28)13-20)27(31,32)33/h5-15H,2-4H2,1H3. The third-order valence-electron chi connectivity index (χ3n) is 5.66. The van der Waals surface area contributed by atoms with E-state index in [1.807, 2.05) is 24.3 Å². The topological polar surface area (TPSA) is 0 Å². The molecule has 0 atom stereocenters. The van der Waals surface area contributed by atoms with E-state index in [2.05, 4.69) is 13.0 Å². The summed E-state index contributed by atoms with van der Waals surface area (Å²) >= 11 is 0. The van der Waals surface area contributed by atoms with Gasteiger partial charge in [-0.25, -0.2) is 13.2 Å². The van der Waals surface area contributed by atoms with Crippen molar-refractivity contribution in [1.82, 2.24) is 0 Å². The second-order valence-electron chi connectivity index (χ2n) is 8.01. The smallest absolute Gasteiger partial charge is 0.206 e. The van der Waals surface area contributed by atoms with Crippen LogP contribution >= 0.6 is 0 Å². The van der Waals surface area contributed by atoms with Crippen molar-refractivity contribution >= 4 is 10.8 Å². The molecule has 0 radical (unpaired) electrons. The lowest BCUT2D eigenvalue weighted by Gasteiger charge is -2.12. The molecule has 33 heavy (non-hydrogen) atoms.